The Balaban J connectivity index is 1.59. The molecule has 0 radical (unpaired) electrons. The number of amides is 1. The fourth-order valence-electron chi connectivity index (χ4n) is 6.69. The molecule has 1 amide bonds. The van der Waals surface area contributed by atoms with E-state index >= 15 is 0 Å². The van der Waals surface area contributed by atoms with Crippen molar-refractivity contribution in [1.29, 1.82) is 0 Å². The van der Waals surface area contributed by atoms with E-state index in [2.05, 4.69) is 17.5 Å². The number of hydrogen-bond acceptors (Lipinski definition) is 26. The van der Waals surface area contributed by atoms with Crippen LogP contribution >= 0.6 is 0 Å². The molecule has 0 aromatic heterocycles. The van der Waals surface area contributed by atoms with Crippen LogP contribution in [0, 0.1) is 0 Å². The van der Waals surface area contributed by atoms with Gasteiger partial charge in [0.05, 0.1) is 304 Å². The summed E-state index contributed by atoms with van der Waals surface area (Å²) in [5.74, 6) is 0. The van der Waals surface area contributed by atoms with Gasteiger partial charge in [-0.3, -0.25) is 0 Å². The van der Waals surface area contributed by atoms with Crippen LogP contribution in [0.2, 0.25) is 0 Å². The molecule has 1 aliphatic carbocycles. The summed E-state index contributed by atoms with van der Waals surface area (Å²) in [7, 11) is 0. The standard InChI is InChI=1S/C57H112N2O25/c58-8-10-61-12-14-63-16-18-65-20-22-67-24-26-69-28-30-71-32-34-73-36-38-75-40-42-77-44-46-79-48-50-81-52-54-83-55-53-82-51-49-80-47-45-78-43-41-76-39-37-74-35-33-72-31-29-70-27-25-68-23-21-66-19-17-64-15-13-62-11-9-59-57(60)84-56-6-4-2-1-3-5-7-56/h1-2,56H,3-55,58H2,(H,59,60)/b2-1+. The Morgan fingerprint density at radius 2 is 0.464 bits per heavy atom. The quantitative estimate of drug-likeness (QED) is 0.0650. The Kier molecular flexibility index (Phi) is 70.1. The van der Waals surface area contributed by atoms with Crippen LogP contribution in [0.5, 0.6) is 0 Å². The molecule has 0 aromatic rings. The lowest BCUT2D eigenvalue weighted by atomic mass is 10.0. The first-order valence-electron chi connectivity index (χ1n) is 30.4. The highest BCUT2D eigenvalue weighted by Crippen LogP contribution is 2.15. The first kappa shape index (κ1) is 80.1. The number of nitrogens with one attached hydrogen (secondary N) is 1. The first-order valence-corrected chi connectivity index (χ1v) is 30.4. The SMILES string of the molecule is NCCOCCOCCOCCOCCOCCOCCOCCOCCOCCOCCOCCOCCOCCOCCOCCOCCOCCOCCOCCOCCOCCOCCOCCNC(=O)OC1CC/C=C/CCC1. The highest BCUT2D eigenvalue weighted by molar-refractivity contribution is 5.67. The number of alkyl carbamates (subject to hydrolysis) is 1. The minimum atomic E-state index is -0.382. The Hall–Kier alpha value is -1.95. The van der Waals surface area contributed by atoms with Gasteiger partial charge in [-0.15, -0.1) is 0 Å². The Labute approximate surface area is 501 Å². The van der Waals surface area contributed by atoms with Crippen molar-refractivity contribution >= 4 is 6.09 Å². The smallest absolute Gasteiger partial charge is 0.407 e. The maximum absolute atomic E-state index is 12.0. The van der Waals surface area contributed by atoms with Gasteiger partial charge in [0.2, 0.25) is 0 Å². The summed E-state index contributed by atoms with van der Waals surface area (Å²) in [5, 5.41) is 2.74. The maximum atomic E-state index is 12.0. The molecule has 3 N–H and O–H groups in total. The van der Waals surface area contributed by atoms with Crippen LogP contribution in [0.15, 0.2) is 12.2 Å². The van der Waals surface area contributed by atoms with Crippen LogP contribution in [-0.2, 0) is 114 Å². The van der Waals surface area contributed by atoms with Crippen molar-refractivity contribution in [3.8, 4) is 0 Å². The number of hydrogen-bond donors (Lipinski definition) is 2. The zero-order valence-corrected chi connectivity index (χ0v) is 51.0. The molecule has 0 fully saturated rings. The minimum Gasteiger partial charge on any atom is -0.446 e. The van der Waals surface area contributed by atoms with E-state index in [0.29, 0.717) is 317 Å². The van der Waals surface area contributed by atoms with Crippen LogP contribution in [0.3, 0.4) is 0 Å². The van der Waals surface area contributed by atoms with E-state index < -0.39 is 0 Å². The van der Waals surface area contributed by atoms with Crippen molar-refractivity contribution in [2.45, 2.75) is 38.2 Å². The molecule has 1 rings (SSSR count). The third-order valence-electron chi connectivity index (χ3n) is 11.0. The van der Waals surface area contributed by atoms with E-state index in [1.165, 1.54) is 0 Å². The van der Waals surface area contributed by atoms with Crippen molar-refractivity contribution in [1.82, 2.24) is 5.32 Å². The zero-order valence-electron chi connectivity index (χ0n) is 51.0. The molecule has 1 atom stereocenters. The summed E-state index contributed by atoms with van der Waals surface area (Å²) in [6.45, 7) is 23.3. The summed E-state index contributed by atoms with van der Waals surface area (Å²) in [6.07, 6.45) is 8.76. The fraction of sp³-hybridized carbons (Fsp3) is 0.947. The predicted octanol–water partition coefficient (Wildman–Crippen LogP) is 1.94. The van der Waals surface area contributed by atoms with Crippen LogP contribution < -0.4 is 11.1 Å². The van der Waals surface area contributed by atoms with Gasteiger partial charge >= 0.3 is 6.09 Å². The van der Waals surface area contributed by atoms with Crippen LogP contribution in [0.1, 0.15) is 32.1 Å². The lowest BCUT2D eigenvalue weighted by molar-refractivity contribution is -0.0318. The molecule has 0 spiro atoms. The molecule has 0 aliphatic heterocycles. The van der Waals surface area contributed by atoms with E-state index in [-0.39, 0.29) is 12.2 Å². The second-order valence-corrected chi connectivity index (χ2v) is 17.8. The van der Waals surface area contributed by atoms with Gasteiger partial charge in [0, 0.05) is 13.1 Å². The molecular weight excluding hydrogens is 1110 g/mol. The zero-order chi connectivity index (χ0) is 59.7. The molecule has 0 heterocycles. The summed E-state index contributed by atoms with van der Waals surface area (Å²) < 4.78 is 132. The number of nitrogens with two attached hydrogens (primary N) is 1. The lowest BCUT2D eigenvalue weighted by Gasteiger charge is -2.18. The molecule has 1 aliphatic rings. The molecule has 27 nitrogen and oxygen atoms in total. The molecular formula is C57H112N2O25. The normalized spacial score (nSPS) is 14.1. The topological polar surface area (TPSA) is 277 Å². The average molecular weight is 1230 g/mol. The number of carbonyl (C=O) groups excluding carboxylic acids is 1. The Bertz CT molecular complexity index is 1280. The van der Waals surface area contributed by atoms with Gasteiger partial charge < -0.3 is 125 Å². The van der Waals surface area contributed by atoms with Crippen LogP contribution in [-0.4, -0.2) is 329 Å². The highest BCUT2D eigenvalue weighted by Gasteiger charge is 2.14. The van der Waals surface area contributed by atoms with Gasteiger partial charge in [0.25, 0.3) is 0 Å². The van der Waals surface area contributed by atoms with Crippen LogP contribution in [0.25, 0.3) is 0 Å². The lowest BCUT2D eigenvalue weighted by Crippen LogP contribution is -2.31. The average Bonchev–Trinajstić information content (AvgIpc) is 3.49. The van der Waals surface area contributed by atoms with Gasteiger partial charge in [0.15, 0.2) is 0 Å². The van der Waals surface area contributed by atoms with Crippen LogP contribution in [0.4, 0.5) is 4.79 Å². The first-order chi connectivity index (χ1) is 41.8. The number of carbonyl (C=O) groups is 1. The van der Waals surface area contributed by atoms with Crippen molar-refractivity contribution in [3.05, 3.63) is 12.2 Å². The third kappa shape index (κ3) is 69.2. The number of ether oxygens (including phenoxy) is 24. The molecule has 0 bridgehead atoms. The van der Waals surface area contributed by atoms with Gasteiger partial charge in [-0.1, -0.05) is 12.2 Å². The number of allylic oxidation sites excluding steroid dienone is 2. The third-order valence-corrected chi connectivity index (χ3v) is 11.0. The van der Waals surface area contributed by atoms with E-state index in [1.807, 2.05) is 0 Å². The molecule has 0 aromatic carbocycles. The molecule has 84 heavy (non-hydrogen) atoms. The molecule has 27 heteroatoms. The van der Waals surface area contributed by atoms with Crippen molar-refractivity contribution in [2.75, 3.05) is 317 Å². The second kappa shape index (κ2) is 73.5. The van der Waals surface area contributed by atoms with Gasteiger partial charge in [0.1, 0.15) is 6.10 Å². The molecule has 500 valence electrons. The van der Waals surface area contributed by atoms with E-state index in [4.69, 9.17) is 119 Å². The van der Waals surface area contributed by atoms with Gasteiger partial charge in [-0.05, 0) is 32.1 Å². The monoisotopic (exact) mass is 1220 g/mol. The summed E-state index contributed by atoms with van der Waals surface area (Å²) in [5.41, 5.74) is 5.35. The van der Waals surface area contributed by atoms with E-state index in [9.17, 15) is 4.79 Å². The Morgan fingerprint density at radius 1 is 0.274 bits per heavy atom. The molecule has 0 saturated carbocycles. The van der Waals surface area contributed by atoms with Crippen molar-refractivity contribution < 1.29 is 118 Å². The summed E-state index contributed by atoms with van der Waals surface area (Å²) in [6, 6.07) is 0. The Morgan fingerprint density at radius 3 is 0.679 bits per heavy atom. The van der Waals surface area contributed by atoms with Gasteiger partial charge in [-0.25, -0.2) is 4.79 Å². The van der Waals surface area contributed by atoms with E-state index in [1.54, 1.807) is 0 Å². The predicted molar refractivity (Wildman–Crippen MR) is 308 cm³/mol. The maximum Gasteiger partial charge on any atom is 0.407 e. The van der Waals surface area contributed by atoms with E-state index in [0.717, 1.165) is 32.1 Å². The largest absolute Gasteiger partial charge is 0.446 e. The second-order valence-electron chi connectivity index (χ2n) is 17.8. The van der Waals surface area contributed by atoms with Crippen molar-refractivity contribution in [3.63, 3.8) is 0 Å². The summed E-state index contributed by atoms with van der Waals surface area (Å²) >= 11 is 0. The minimum absolute atomic E-state index is 0.0162. The van der Waals surface area contributed by atoms with Gasteiger partial charge in [-0.2, -0.15) is 0 Å². The highest BCUT2D eigenvalue weighted by atomic mass is 16.6. The fourth-order valence-corrected chi connectivity index (χ4v) is 6.69. The van der Waals surface area contributed by atoms with Crippen molar-refractivity contribution in [2.24, 2.45) is 5.73 Å². The summed E-state index contributed by atoms with van der Waals surface area (Å²) in [4.78, 5) is 12.0. The number of rotatable bonds is 72. The molecule has 1 unspecified atom stereocenters. The molecule has 0 saturated heterocycles.